The summed E-state index contributed by atoms with van der Waals surface area (Å²) in [7, 11) is -3.65. The zero-order valence-electron chi connectivity index (χ0n) is 10.0. The molecule has 1 aromatic carbocycles. The van der Waals surface area contributed by atoms with Crippen molar-refractivity contribution in [2.24, 2.45) is 0 Å². The van der Waals surface area contributed by atoms with Crippen LogP contribution < -0.4 is 10.0 Å². The molecule has 102 valence electrons. The molecule has 1 rings (SSSR count). The summed E-state index contributed by atoms with van der Waals surface area (Å²) in [5.74, 6) is -1.64. The summed E-state index contributed by atoms with van der Waals surface area (Å²) in [6.07, 6.45) is 0.403. The van der Waals surface area contributed by atoms with Crippen molar-refractivity contribution in [2.45, 2.75) is 13.3 Å². The number of halogens is 2. The molecule has 0 heterocycles. The molecule has 0 unspecified atom stereocenters. The number of hydrogen-bond donors (Lipinski definition) is 2. The monoisotopic (exact) mass is 278 g/mol. The third-order valence-corrected chi connectivity index (χ3v) is 3.57. The topological polar surface area (TPSA) is 58.2 Å². The van der Waals surface area contributed by atoms with Gasteiger partial charge in [-0.25, -0.2) is 17.2 Å². The van der Waals surface area contributed by atoms with Crippen LogP contribution >= 0.6 is 0 Å². The van der Waals surface area contributed by atoms with Crippen LogP contribution in [0.15, 0.2) is 18.2 Å². The summed E-state index contributed by atoms with van der Waals surface area (Å²) in [6.45, 7) is 3.23. The smallest absolute Gasteiger partial charge is 0.232 e. The van der Waals surface area contributed by atoms with E-state index in [1.165, 1.54) is 0 Å². The Bertz CT molecular complexity index is 492. The number of anilines is 1. The van der Waals surface area contributed by atoms with Crippen LogP contribution in [0.5, 0.6) is 0 Å². The summed E-state index contributed by atoms with van der Waals surface area (Å²) < 4.78 is 51.3. The van der Waals surface area contributed by atoms with Crippen LogP contribution in [0.25, 0.3) is 0 Å². The maximum absolute atomic E-state index is 13.2. The molecule has 0 saturated heterocycles. The minimum Gasteiger partial charge on any atom is -0.317 e. The van der Waals surface area contributed by atoms with Gasteiger partial charge >= 0.3 is 0 Å². The fourth-order valence-electron chi connectivity index (χ4n) is 1.36. The van der Waals surface area contributed by atoms with Crippen molar-refractivity contribution in [2.75, 3.05) is 23.6 Å². The molecule has 0 amide bonds. The van der Waals surface area contributed by atoms with E-state index in [0.29, 0.717) is 13.0 Å². The molecule has 0 saturated carbocycles. The first-order chi connectivity index (χ1) is 8.44. The molecule has 1 aromatic rings. The largest absolute Gasteiger partial charge is 0.317 e. The zero-order chi connectivity index (χ0) is 13.6. The Balaban J connectivity index is 2.62. The van der Waals surface area contributed by atoms with Crippen molar-refractivity contribution in [1.29, 1.82) is 0 Å². The standard InChI is InChI=1S/C11H16F2N2O2S/c1-2-14-6-3-7-18(16,17)15-11-8-9(12)4-5-10(11)13/h4-5,8,14-15H,2-3,6-7H2,1H3. The van der Waals surface area contributed by atoms with Gasteiger partial charge in [-0.3, -0.25) is 4.72 Å². The molecule has 18 heavy (non-hydrogen) atoms. The van der Waals surface area contributed by atoms with E-state index < -0.39 is 21.7 Å². The van der Waals surface area contributed by atoms with E-state index in [9.17, 15) is 17.2 Å². The second kappa shape index (κ2) is 6.65. The van der Waals surface area contributed by atoms with Gasteiger partial charge < -0.3 is 5.32 Å². The van der Waals surface area contributed by atoms with E-state index >= 15 is 0 Å². The molecule has 0 aliphatic heterocycles. The quantitative estimate of drug-likeness (QED) is 0.746. The van der Waals surface area contributed by atoms with Gasteiger partial charge in [0.1, 0.15) is 11.6 Å². The zero-order valence-corrected chi connectivity index (χ0v) is 10.9. The van der Waals surface area contributed by atoms with E-state index in [0.717, 1.165) is 24.7 Å². The molecule has 0 aliphatic carbocycles. The predicted molar refractivity (Wildman–Crippen MR) is 66.9 cm³/mol. The molecule has 0 bridgehead atoms. The van der Waals surface area contributed by atoms with Crippen molar-refractivity contribution < 1.29 is 17.2 Å². The van der Waals surface area contributed by atoms with E-state index in [4.69, 9.17) is 0 Å². The Morgan fingerprint density at radius 3 is 2.67 bits per heavy atom. The van der Waals surface area contributed by atoms with Gasteiger partial charge in [-0.05, 0) is 31.6 Å². The van der Waals surface area contributed by atoms with Crippen molar-refractivity contribution in [3.05, 3.63) is 29.8 Å². The fraction of sp³-hybridized carbons (Fsp3) is 0.455. The maximum Gasteiger partial charge on any atom is 0.232 e. The molecule has 0 aromatic heterocycles. The highest BCUT2D eigenvalue weighted by atomic mass is 32.2. The number of sulfonamides is 1. The van der Waals surface area contributed by atoms with Crippen molar-refractivity contribution in [3.63, 3.8) is 0 Å². The first-order valence-corrected chi connectivity index (χ1v) is 7.26. The molecule has 0 radical (unpaired) electrons. The maximum atomic E-state index is 13.2. The number of rotatable bonds is 7. The van der Waals surface area contributed by atoms with Crippen LogP contribution in [-0.4, -0.2) is 27.3 Å². The Morgan fingerprint density at radius 2 is 2.00 bits per heavy atom. The van der Waals surface area contributed by atoms with Gasteiger partial charge in [0.25, 0.3) is 0 Å². The normalized spacial score (nSPS) is 11.5. The van der Waals surface area contributed by atoms with Crippen LogP contribution in [-0.2, 0) is 10.0 Å². The van der Waals surface area contributed by atoms with Gasteiger partial charge in [-0.15, -0.1) is 0 Å². The van der Waals surface area contributed by atoms with E-state index in [2.05, 4.69) is 5.32 Å². The third-order valence-electron chi connectivity index (χ3n) is 2.21. The van der Waals surface area contributed by atoms with Gasteiger partial charge in [0, 0.05) is 6.07 Å². The Morgan fingerprint density at radius 1 is 1.28 bits per heavy atom. The lowest BCUT2D eigenvalue weighted by Crippen LogP contribution is -2.22. The molecule has 0 spiro atoms. The highest BCUT2D eigenvalue weighted by molar-refractivity contribution is 7.92. The minimum absolute atomic E-state index is 0.143. The lowest BCUT2D eigenvalue weighted by Gasteiger charge is -2.09. The van der Waals surface area contributed by atoms with Gasteiger partial charge in [0.2, 0.25) is 10.0 Å². The van der Waals surface area contributed by atoms with Crippen molar-refractivity contribution >= 4 is 15.7 Å². The molecule has 0 aliphatic rings. The van der Waals surface area contributed by atoms with Gasteiger partial charge in [0.15, 0.2) is 0 Å². The SMILES string of the molecule is CCNCCCS(=O)(=O)Nc1cc(F)ccc1F. The van der Waals surface area contributed by atoms with Crippen molar-refractivity contribution in [3.8, 4) is 0 Å². The van der Waals surface area contributed by atoms with Crippen LogP contribution in [0.2, 0.25) is 0 Å². The number of benzene rings is 1. The minimum atomic E-state index is -3.65. The summed E-state index contributed by atoms with van der Waals surface area (Å²) in [6, 6.07) is 2.63. The first-order valence-electron chi connectivity index (χ1n) is 5.61. The second-order valence-corrected chi connectivity index (χ2v) is 5.59. The Hall–Kier alpha value is -1.21. The Kier molecular flexibility index (Phi) is 5.49. The molecular weight excluding hydrogens is 262 g/mol. The van der Waals surface area contributed by atoms with Crippen LogP contribution in [0.4, 0.5) is 14.5 Å². The molecule has 4 nitrogen and oxygen atoms in total. The fourth-order valence-corrected chi connectivity index (χ4v) is 2.48. The third kappa shape index (κ3) is 4.97. The molecule has 7 heteroatoms. The van der Waals surface area contributed by atoms with Crippen LogP contribution in [0.1, 0.15) is 13.3 Å². The highest BCUT2D eigenvalue weighted by Gasteiger charge is 2.13. The molecule has 0 atom stereocenters. The van der Waals surface area contributed by atoms with Gasteiger partial charge in [0.05, 0.1) is 11.4 Å². The highest BCUT2D eigenvalue weighted by Crippen LogP contribution is 2.16. The lowest BCUT2D eigenvalue weighted by molar-refractivity contribution is 0.590. The molecular formula is C11H16F2N2O2S. The average molecular weight is 278 g/mol. The van der Waals surface area contributed by atoms with Crippen LogP contribution in [0.3, 0.4) is 0 Å². The van der Waals surface area contributed by atoms with E-state index in [1.54, 1.807) is 0 Å². The summed E-state index contributed by atoms with van der Waals surface area (Å²) in [5.41, 5.74) is -0.363. The van der Waals surface area contributed by atoms with Gasteiger partial charge in [-0.2, -0.15) is 0 Å². The summed E-state index contributed by atoms with van der Waals surface area (Å²) in [5, 5.41) is 2.98. The summed E-state index contributed by atoms with van der Waals surface area (Å²) in [4.78, 5) is 0. The molecule has 0 fully saturated rings. The van der Waals surface area contributed by atoms with Gasteiger partial charge in [-0.1, -0.05) is 6.92 Å². The first kappa shape index (κ1) is 14.8. The van der Waals surface area contributed by atoms with Crippen LogP contribution in [0, 0.1) is 11.6 Å². The van der Waals surface area contributed by atoms with E-state index in [-0.39, 0.29) is 11.4 Å². The average Bonchev–Trinajstić information content (AvgIpc) is 2.29. The Labute approximate surface area is 105 Å². The predicted octanol–water partition coefficient (Wildman–Crippen LogP) is 1.71. The summed E-state index contributed by atoms with van der Waals surface area (Å²) >= 11 is 0. The second-order valence-electron chi connectivity index (χ2n) is 3.75. The number of nitrogens with one attached hydrogen (secondary N) is 2. The van der Waals surface area contributed by atoms with Crippen molar-refractivity contribution in [1.82, 2.24) is 5.32 Å². The van der Waals surface area contributed by atoms with E-state index in [1.807, 2.05) is 11.6 Å². The molecule has 2 N–H and O–H groups in total. The number of hydrogen-bond acceptors (Lipinski definition) is 3. The lowest BCUT2D eigenvalue weighted by atomic mass is 10.3.